The van der Waals surface area contributed by atoms with Gasteiger partial charge in [-0.25, -0.2) is 5.43 Å². The van der Waals surface area contributed by atoms with Gasteiger partial charge in [0, 0.05) is 4.47 Å². The maximum Gasteiger partial charge on any atom is 0.329 e. The largest absolute Gasteiger partial charge is 0.361 e. The fourth-order valence-electron chi connectivity index (χ4n) is 0.968. The quantitative estimate of drug-likeness (QED) is 0.477. The molecule has 0 aromatic heterocycles. The molecule has 0 atom stereocenters. The van der Waals surface area contributed by atoms with Crippen molar-refractivity contribution >= 4 is 33.5 Å². The third-order valence-corrected chi connectivity index (χ3v) is 2.28. The molecule has 1 aromatic rings. The van der Waals surface area contributed by atoms with Gasteiger partial charge < -0.3 is 5.73 Å². The molecule has 3 N–H and O–H groups in total. The zero-order valence-corrected chi connectivity index (χ0v) is 10.1. The van der Waals surface area contributed by atoms with E-state index < -0.39 is 11.8 Å². The minimum absolute atomic E-state index is 0.580. The van der Waals surface area contributed by atoms with Crippen LogP contribution in [0.25, 0.3) is 0 Å². The van der Waals surface area contributed by atoms with Gasteiger partial charge in [-0.1, -0.05) is 28.1 Å². The predicted octanol–water partition coefficient (Wildman–Crippen LogP) is 0.775. The highest BCUT2D eigenvalue weighted by Crippen LogP contribution is 2.12. The first kappa shape index (κ1) is 12.4. The number of halogens is 1. The average Bonchev–Trinajstić information content (AvgIpc) is 2.25. The molecule has 0 aliphatic heterocycles. The zero-order valence-electron chi connectivity index (χ0n) is 8.53. The van der Waals surface area contributed by atoms with Crippen molar-refractivity contribution in [3.8, 4) is 0 Å². The minimum Gasteiger partial charge on any atom is -0.361 e. The summed E-state index contributed by atoms with van der Waals surface area (Å²) in [7, 11) is 0. The number of benzene rings is 1. The molecule has 0 bridgehead atoms. The number of amides is 2. The van der Waals surface area contributed by atoms with Gasteiger partial charge in [0.05, 0.1) is 5.71 Å². The Kier molecular flexibility index (Phi) is 4.19. The molecule has 0 heterocycles. The second-order valence-electron chi connectivity index (χ2n) is 3.01. The molecule has 16 heavy (non-hydrogen) atoms. The van der Waals surface area contributed by atoms with E-state index in [2.05, 4.69) is 26.5 Å². The molecule has 6 heteroatoms. The van der Waals surface area contributed by atoms with Crippen molar-refractivity contribution in [1.29, 1.82) is 0 Å². The van der Waals surface area contributed by atoms with Gasteiger partial charge in [0.15, 0.2) is 0 Å². The number of nitrogens with two attached hydrogens (primary N) is 1. The summed E-state index contributed by atoms with van der Waals surface area (Å²) in [6, 6.07) is 7.39. The first-order valence-electron chi connectivity index (χ1n) is 4.40. The molecular weight excluding hydrogens is 274 g/mol. The number of rotatable bonds is 2. The number of hydrazone groups is 1. The van der Waals surface area contributed by atoms with E-state index >= 15 is 0 Å². The summed E-state index contributed by atoms with van der Waals surface area (Å²) in [5.41, 5.74) is 8.23. The fourth-order valence-corrected chi connectivity index (χ4v) is 1.37. The monoisotopic (exact) mass is 283 g/mol. The summed E-state index contributed by atoms with van der Waals surface area (Å²) in [4.78, 5) is 21.3. The van der Waals surface area contributed by atoms with Crippen LogP contribution in [0.2, 0.25) is 0 Å². The topological polar surface area (TPSA) is 84.6 Å². The number of hydrogen-bond acceptors (Lipinski definition) is 3. The van der Waals surface area contributed by atoms with Gasteiger partial charge in [-0.05, 0) is 24.6 Å². The highest BCUT2D eigenvalue weighted by Gasteiger charge is 2.06. The minimum atomic E-state index is -1.06. The van der Waals surface area contributed by atoms with Gasteiger partial charge in [-0.15, -0.1) is 0 Å². The number of nitrogens with one attached hydrogen (secondary N) is 1. The van der Waals surface area contributed by atoms with Crippen LogP contribution in [0.1, 0.15) is 12.5 Å². The SMILES string of the molecule is CC(=NNC(=O)C(N)=O)c1cccc(Br)c1. The molecule has 0 aliphatic rings. The highest BCUT2D eigenvalue weighted by molar-refractivity contribution is 9.10. The molecule has 0 saturated carbocycles. The summed E-state index contributed by atoms with van der Waals surface area (Å²) in [6.07, 6.45) is 0. The zero-order chi connectivity index (χ0) is 12.1. The van der Waals surface area contributed by atoms with Crippen LogP contribution in [-0.2, 0) is 9.59 Å². The molecule has 1 rings (SSSR count). The van der Waals surface area contributed by atoms with E-state index in [1.165, 1.54) is 0 Å². The van der Waals surface area contributed by atoms with Crippen LogP contribution in [0, 0.1) is 0 Å². The van der Waals surface area contributed by atoms with Crippen molar-refractivity contribution in [2.75, 3.05) is 0 Å². The maximum absolute atomic E-state index is 10.8. The van der Waals surface area contributed by atoms with E-state index in [1.807, 2.05) is 24.3 Å². The van der Waals surface area contributed by atoms with Crippen molar-refractivity contribution < 1.29 is 9.59 Å². The van der Waals surface area contributed by atoms with Crippen LogP contribution in [0.4, 0.5) is 0 Å². The second kappa shape index (κ2) is 5.41. The van der Waals surface area contributed by atoms with Crippen molar-refractivity contribution in [2.24, 2.45) is 10.8 Å². The highest BCUT2D eigenvalue weighted by atomic mass is 79.9. The lowest BCUT2D eigenvalue weighted by Gasteiger charge is -2.01. The Bertz CT molecular complexity index is 457. The van der Waals surface area contributed by atoms with Gasteiger partial charge >= 0.3 is 11.8 Å². The molecule has 5 nitrogen and oxygen atoms in total. The molecule has 0 spiro atoms. The third kappa shape index (κ3) is 3.47. The first-order valence-corrected chi connectivity index (χ1v) is 5.20. The van der Waals surface area contributed by atoms with Gasteiger partial charge in [-0.3, -0.25) is 9.59 Å². The van der Waals surface area contributed by atoms with Gasteiger partial charge in [0.2, 0.25) is 0 Å². The first-order chi connectivity index (χ1) is 7.50. The lowest BCUT2D eigenvalue weighted by molar-refractivity contribution is -0.137. The van der Waals surface area contributed by atoms with Crippen molar-refractivity contribution in [3.05, 3.63) is 34.3 Å². The number of nitrogens with zero attached hydrogens (tertiary/aromatic N) is 1. The number of hydrogen-bond donors (Lipinski definition) is 2. The number of carbonyl (C=O) groups excluding carboxylic acids is 2. The average molecular weight is 284 g/mol. The van der Waals surface area contributed by atoms with Crippen LogP contribution in [0.3, 0.4) is 0 Å². The number of carbonyl (C=O) groups is 2. The predicted molar refractivity (Wildman–Crippen MR) is 63.7 cm³/mol. The van der Waals surface area contributed by atoms with Crippen LogP contribution >= 0.6 is 15.9 Å². The van der Waals surface area contributed by atoms with Crippen LogP contribution in [0.15, 0.2) is 33.8 Å². The lowest BCUT2D eigenvalue weighted by Crippen LogP contribution is -2.33. The smallest absolute Gasteiger partial charge is 0.329 e. The summed E-state index contributed by atoms with van der Waals surface area (Å²) in [6.45, 7) is 1.71. The Labute approximate surface area is 101 Å². The normalized spacial score (nSPS) is 11.0. The van der Waals surface area contributed by atoms with Crippen LogP contribution in [-0.4, -0.2) is 17.5 Å². The Morgan fingerprint density at radius 1 is 1.44 bits per heavy atom. The molecule has 84 valence electrons. The van der Waals surface area contributed by atoms with E-state index in [0.717, 1.165) is 10.0 Å². The second-order valence-corrected chi connectivity index (χ2v) is 3.93. The Balaban J connectivity index is 2.78. The molecule has 0 aliphatic carbocycles. The van der Waals surface area contributed by atoms with E-state index in [-0.39, 0.29) is 0 Å². The van der Waals surface area contributed by atoms with Gasteiger partial charge in [-0.2, -0.15) is 5.10 Å². The third-order valence-electron chi connectivity index (χ3n) is 1.79. The maximum atomic E-state index is 10.8. The van der Waals surface area contributed by atoms with Gasteiger partial charge in [0.25, 0.3) is 0 Å². The molecule has 1 aromatic carbocycles. The van der Waals surface area contributed by atoms with E-state index in [1.54, 1.807) is 6.92 Å². The molecule has 0 fully saturated rings. The van der Waals surface area contributed by atoms with Gasteiger partial charge in [0.1, 0.15) is 0 Å². The lowest BCUT2D eigenvalue weighted by atomic mass is 10.1. The molecular formula is C10H10BrN3O2. The molecule has 0 saturated heterocycles. The summed E-state index contributed by atoms with van der Waals surface area (Å²) >= 11 is 3.32. The Morgan fingerprint density at radius 2 is 2.12 bits per heavy atom. The summed E-state index contributed by atoms with van der Waals surface area (Å²) in [5.74, 6) is -2.00. The summed E-state index contributed by atoms with van der Waals surface area (Å²) in [5, 5.41) is 3.75. The van der Waals surface area contributed by atoms with Crippen molar-refractivity contribution in [1.82, 2.24) is 5.43 Å². The Morgan fingerprint density at radius 3 is 2.69 bits per heavy atom. The Hall–Kier alpha value is -1.69. The van der Waals surface area contributed by atoms with E-state index in [9.17, 15) is 9.59 Å². The van der Waals surface area contributed by atoms with Crippen molar-refractivity contribution in [3.63, 3.8) is 0 Å². The molecule has 0 radical (unpaired) electrons. The van der Waals surface area contributed by atoms with E-state index in [0.29, 0.717) is 5.71 Å². The summed E-state index contributed by atoms with van der Waals surface area (Å²) < 4.78 is 0.903. The molecule has 2 amide bonds. The van der Waals surface area contributed by atoms with E-state index in [4.69, 9.17) is 5.73 Å². The van der Waals surface area contributed by atoms with Crippen molar-refractivity contribution in [2.45, 2.75) is 6.92 Å². The van der Waals surface area contributed by atoms with Crippen LogP contribution in [0.5, 0.6) is 0 Å². The van der Waals surface area contributed by atoms with Crippen LogP contribution < -0.4 is 11.2 Å². The fraction of sp³-hybridized carbons (Fsp3) is 0.100. The number of primary amides is 1. The molecule has 0 unspecified atom stereocenters. The standard InChI is InChI=1S/C10H10BrN3O2/c1-6(13-14-10(16)9(12)15)7-3-2-4-8(11)5-7/h2-5H,1H3,(H2,12,15)(H,14,16).